The van der Waals surface area contributed by atoms with E-state index in [0.29, 0.717) is 0 Å². The van der Waals surface area contributed by atoms with E-state index in [1.165, 1.54) is 60.5 Å². The quantitative estimate of drug-likeness (QED) is 0.177. The zero-order chi connectivity index (χ0) is 36.7. The van der Waals surface area contributed by atoms with Crippen molar-refractivity contribution in [3.63, 3.8) is 0 Å². The molecule has 0 saturated heterocycles. The lowest BCUT2D eigenvalue weighted by Crippen LogP contribution is -2.14. The average molecular weight is 704 g/mol. The summed E-state index contributed by atoms with van der Waals surface area (Å²) in [5.74, 6) is 0. The predicted octanol–water partition coefficient (Wildman–Crippen LogP) is 15.0. The lowest BCUT2D eigenvalue weighted by Gasteiger charge is -2.27. The van der Waals surface area contributed by atoms with Gasteiger partial charge in [0.05, 0.1) is 11.4 Å². The third kappa shape index (κ3) is 4.81. The van der Waals surface area contributed by atoms with Crippen molar-refractivity contribution in [2.75, 3.05) is 4.90 Å². The maximum atomic E-state index is 7.30. The van der Waals surface area contributed by atoms with Gasteiger partial charge in [-0.2, -0.15) is 0 Å². The summed E-state index contributed by atoms with van der Waals surface area (Å²) in [5.41, 5.74) is 14.9. The predicted molar refractivity (Wildman–Crippen MR) is 232 cm³/mol. The maximum Gasteiger partial charge on any atom is 0.159 e. The van der Waals surface area contributed by atoms with Gasteiger partial charge in [0.25, 0.3) is 0 Å². The van der Waals surface area contributed by atoms with Gasteiger partial charge in [-0.25, -0.2) is 0 Å². The van der Waals surface area contributed by atoms with Crippen LogP contribution in [0.1, 0.15) is 25.0 Å². The molecule has 10 aromatic rings. The van der Waals surface area contributed by atoms with Crippen LogP contribution in [0.15, 0.2) is 192 Å². The normalized spacial score (nSPS) is 13.1. The molecule has 0 amide bonds. The van der Waals surface area contributed by atoms with Crippen LogP contribution < -0.4 is 4.90 Å². The summed E-state index contributed by atoms with van der Waals surface area (Å²) < 4.78 is 7.30. The Kier molecular flexibility index (Phi) is 6.93. The van der Waals surface area contributed by atoms with Gasteiger partial charge >= 0.3 is 0 Å². The zero-order valence-electron chi connectivity index (χ0n) is 30.8. The van der Waals surface area contributed by atoms with Crippen LogP contribution in [0.4, 0.5) is 17.1 Å². The Morgan fingerprint density at radius 2 is 1.02 bits per heavy atom. The van der Waals surface area contributed by atoms with Crippen molar-refractivity contribution in [3.05, 3.63) is 199 Å². The molecule has 55 heavy (non-hydrogen) atoms. The van der Waals surface area contributed by atoms with Crippen LogP contribution in [0, 0.1) is 0 Å². The van der Waals surface area contributed by atoms with Crippen molar-refractivity contribution < 1.29 is 4.42 Å². The Labute approximate surface area is 320 Å². The minimum atomic E-state index is -0.109. The molecule has 1 aliphatic carbocycles. The SMILES string of the molecule is CC1(C)c2ccccc2-c2ccc(-c3c4ccccc4cc4c3oc3c(N(c5ccc(-c6ccccc6)cc5)c5cccc6ccccc56)cccc34)cc21. The molecule has 2 nitrogen and oxygen atoms in total. The van der Waals surface area contributed by atoms with E-state index in [1.54, 1.807) is 0 Å². The largest absolute Gasteiger partial charge is 0.453 e. The summed E-state index contributed by atoms with van der Waals surface area (Å²) in [4.78, 5) is 2.37. The fraction of sp³-hybridized carbons (Fsp3) is 0.0566. The molecule has 0 unspecified atom stereocenters. The molecule has 0 bridgehead atoms. The molecule has 2 heteroatoms. The Bertz CT molecular complexity index is 3110. The van der Waals surface area contributed by atoms with Crippen LogP contribution in [0.25, 0.3) is 76.9 Å². The lowest BCUT2D eigenvalue weighted by atomic mass is 9.81. The number of benzene rings is 9. The van der Waals surface area contributed by atoms with Crippen LogP contribution in [0.2, 0.25) is 0 Å². The van der Waals surface area contributed by atoms with Gasteiger partial charge in [0, 0.05) is 32.8 Å². The second kappa shape index (κ2) is 12.1. The first-order valence-corrected chi connectivity index (χ1v) is 19.1. The van der Waals surface area contributed by atoms with Crippen molar-refractivity contribution in [1.82, 2.24) is 0 Å². The number of hydrogen-bond acceptors (Lipinski definition) is 2. The van der Waals surface area contributed by atoms with Gasteiger partial charge in [-0.1, -0.05) is 166 Å². The first-order valence-electron chi connectivity index (χ1n) is 19.1. The molecule has 0 radical (unpaired) electrons. The van der Waals surface area contributed by atoms with Gasteiger partial charge in [0.2, 0.25) is 0 Å². The van der Waals surface area contributed by atoms with Crippen molar-refractivity contribution in [3.8, 4) is 33.4 Å². The van der Waals surface area contributed by atoms with Gasteiger partial charge in [0.1, 0.15) is 5.58 Å². The molecule has 260 valence electrons. The number of nitrogens with zero attached hydrogens (tertiary/aromatic N) is 1. The smallest absolute Gasteiger partial charge is 0.159 e. The van der Waals surface area contributed by atoms with Crippen LogP contribution in [-0.4, -0.2) is 0 Å². The highest BCUT2D eigenvalue weighted by Gasteiger charge is 2.35. The van der Waals surface area contributed by atoms with Gasteiger partial charge < -0.3 is 9.32 Å². The van der Waals surface area contributed by atoms with Crippen molar-refractivity contribution in [1.29, 1.82) is 0 Å². The van der Waals surface area contributed by atoms with E-state index < -0.39 is 0 Å². The van der Waals surface area contributed by atoms with Crippen LogP contribution in [0.5, 0.6) is 0 Å². The first-order chi connectivity index (χ1) is 27.0. The molecule has 1 aromatic heterocycles. The Balaban J connectivity index is 1.17. The number of anilines is 3. The number of para-hydroxylation sites is 1. The molecule has 0 aliphatic heterocycles. The Morgan fingerprint density at radius 3 is 1.87 bits per heavy atom. The summed E-state index contributed by atoms with van der Waals surface area (Å²) in [6.45, 7) is 4.70. The fourth-order valence-electron chi connectivity index (χ4n) is 9.15. The van der Waals surface area contributed by atoms with E-state index in [-0.39, 0.29) is 5.41 Å². The van der Waals surface area contributed by atoms with E-state index in [2.05, 4.69) is 207 Å². The molecule has 0 spiro atoms. The van der Waals surface area contributed by atoms with Crippen LogP contribution in [0.3, 0.4) is 0 Å². The molecule has 9 aromatic carbocycles. The third-order valence-corrected chi connectivity index (χ3v) is 11.8. The summed E-state index contributed by atoms with van der Waals surface area (Å²) in [7, 11) is 0. The molecule has 1 heterocycles. The highest BCUT2D eigenvalue weighted by atomic mass is 16.3. The summed E-state index contributed by atoms with van der Waals surface area (Å²) in [6.07, 6.45) is 0. The van der Waals surface area contributed by atoms with Gasteiger partial charge in [0.15, 0.2) is 5.58 Å². The molecule has 0 N–H and O–H groups in total. The van der Waals surface area contributed by atoms with E-state index >= 15 is 0 Å². The minimum Gasteiger partial charge on any atom is -0.453 e. The van der Waals surface area contributed by atoms with Crippen molar-refractivity contribution in [2.45, 2.75) is 19.3 Å². The Hall–Kier alpha value is -6.90. The Morgan fingerprint density at radius 1 is 0.400 bits per heavy atom. The number of fused-ring (bicyclic) bond motifs is 8. The first kappa shape index (κ1) is 31.6. The van der Waals surface area contributed by atoms with Gasteiger partial charge in [-0.3, -0.25) is 0 Å². The number of furan rings is 1. The average Bonchev–Trinajstić information content (AvgIpc) is 3.72. The summed E-state index contributed by atoms with van der Waals surface area (Å²) in [6, 6.07) is 68.2. The van der Waals surface area contributed by atoms with E-state index in [4.69, 9.17) is 4.42 Å². The third-order valence-electron chi connectivity index (χ3n) is 11.8. The van der Waals surface area contributed by atoms with E-state index in [1.807, 2.05) is 0 Å². The number of hydrogen-bond donors (Lipinski definition) is 0. The molecule has 1 aliphatic rings. The van der Waals surface area contributed by atoms with Gasteiger partial charge in [-0.15, -0.1) is 0 Å². The minimum absolute atomic E-state index is 0.109. The second-order valence-corrected chi connectivity index (χ2v) is 15.3. The standard InChI is InChI=1S/C53H37NO/c1-53(2)46-23-11-10-21-42(46)43-31-28-38(33-47(43)53)50-41-20-9-7-17-37(41)32-45-44-22-13-25-49(51(44)55-52(45)50)54(48-24-12-18-36-16-6-8-19-40(36)48)39-29-26-35(27-30-39)34-14-4-3-5-15-34/h3-33H,1-2H3. The van der Waals surface area contributed by atoms with Crippen molar-refractivity contribution >= 4 is 60.5 Å². The fourth-order valence-corrected chi connectivity index (χ4v) is 9.15. The molecule has 0 atom stereocenters. The lowest BCUT2D eigenvalue weighted by molar-refractivity contribution is 0.660. The molecule has 0 fully saturated rings. The summed E-state index contributed by atoms with van der Waals surface area (Å²) >= 11 is 0. The zero-order valence-corrected chi connectivity index (χ0v) is 30.8. The highest BCUT2D eigenvalue weighted by Crippen LogP contribution is 2.52. The van der Waals surface area contributed by atoms with Crippen LogP contribution in [-0.2, 0) is 5.41 Å². The van der Waals surface area contributed by atoms with Crippen LogP contribution >= 0.6 is 0 Å². The monoisotopic (exact) mass is 703 g/mol. The molecular formula is C53H37NO. The second-order valence-electron chi connectivity index (χ2n) is 15.3. The van der Waals surface area contributed by atoms with E-state index in [9.17, 15) is 0 Å². The topological polar surface area (TPSA) is 16.4 Å². The summed E-state index contributed by atoms with van der Waals surface area (Å²) in [5, 5.41) is 6.97. The van der Waals surface area contributed by atoms with Crippen molar-refractivity contribution in [2.24, 2.45) is 0 Å². The number of rotatable bonds is 5. The molecular weight excluding hydrogens is 667 g/mol. The maximum absolute atomic E-state index is 7.30. The highest BCUT2D eigenvalue weighted by molar-refractivity contribution is 6.20. The van der Waals surface area contributed by atoms with Gasteiger partial charge in [-0.05, 0) is 91.5 Å². The molecule has 11 rings (SSSR count). The van der Waals surface area contributed by atoms with E-state index in [0.717, 1.165) is 44.6 Å². The molecule has 0 saturated carbocycles.